The van der Waals surface area contributed by atoms with E-state index >= 15 is 0 Å². The van der Waals surface area contributed by atoms with Crippen LogP contribution in [0.4, 0.5) is 5.69 Å². The molecule has 1 fully saturated rings. The minimum atomic E-state index is -1.28. The zero-order valence-electron chi connectivity index (χ0n) is 11.5. The van der Waals surface area contributed by atoms with Crippen LogP contribution in [0.5, 0.6) is 5.75 Å². The molecule has 0 bridgehead atoms. The minimum absolute atomic E-state index is 0.287. The van der Waals surface area contributed by atoms with Gasteiger partial charge in [-0.3, -0.25) is 9.69 Å². The molecule has 1 aliphatic rings. The molecule has 1 aromatic carbocycles. The van der Waals surface area contributed by atoms with Gasteiger partial charge in [0.25, 0.3) is 5.91 Å². The number of aromatic amines is 1. The Labute approximate surface area is 140 Å². The van der Waals surface area contributed by atoms with Crippen molar-refractivity contribution in [3.63, 3.8) is 0 Å². The van der Waals surface area contributed by atoms with Gasteiger partial charge in [0.2, 0.25) is 0 Å². The molecule has 0 aliphatic carbocycles. The molecule has 1 aromatic heterocycles. The molecule has 0 radical (unpaired) electrons. The first-order valence-corrected chi connectivity index (χ1v) is 7.67. The van der Waals surface area contributed by atoms with Crippen molar-refractivity contribution >= 4 is 51.9 Å². The third-order valence-corrected chi connectivity index (χ3v) is 4.47. The summed E-state index contributed by atoms with van der Waals surface area (Å²) in [5.41, 5.74) is 0.782. The SMILES string of the molecule is O=C(O)c1cc(N2C(=O)/C(=C\c3ccc[nH]3)SC2=S)ccc1O. The van der Waals surface area contributed by atoms with Crippen LogP contribution in [0.3, 0.4) is 0 Å². The molecular weight excluding hydrogens is 336 g/mol. The van der Waals surface area contributed by atoms with E-state index in [1.165, 1.54) is 23.1 Å². The van der Waals surface area contributed by atoms with Crippen LogP contribution >= 0.6 is 24.0 Å². The van der Waals surface area contributed by atoms with Crippen molar-refractivity contribution in [1.82, 2.24) is 4.98 Å². The van der Waals surface area contributed by atoms with Crippen LogP contribution in [0, 0.1) is 0 Å². The topological polar surface area (TPSA) is 93.6 Å². The number of carbonyl (C=O) groups is 2. The van der Waals surface area contributed by atoms with Gasteiger partial charge >= 0.3 is 5.97 Å². The largest absolute Gasteiger partial charge is 0.507 e. The number of benzene rings is 1. The average Bonchev–Trinajstić information content (AvgIpc) is 3.09. The zero-order valence-corrected chi connectivity index (χ0v) is 13.1. The molecule has 1 aliphatic heterocycles. The molecule has 1 amide bonds. The summed E-state index contributed by atoms with van der Waals surface area (Å²) in [5.74, 6) is -1.98. The molecule has 2 aromatic rings. The van der Waals surface area contributed by atoms with E-state index in [1.54, 1.807) is 12.3 Å². The second-order valence-electron chi connectivity index (χ2n) is 4.65. The molecule has 3 N–H and O–H groups in total. The van der Waals surface area contributed by atoms with Gasteiger partial charge in [-0.15, -0.1) is 0 Å². The van der Waals surface area contributed by atoms with E-state index in [0.717, 1.165) is 17.5 Å². The van der Waals surface area contributed by atoms with Gasteiger partial charge in [-0.1, -0.05) is 24.0 Å². The number of nitrogens with zero attached hydrogens (tertiary/aromatic N) is 1. The third-order valence-electron chi connectivity index (χ3n) is 3.17. The number of nitrogens with one attached hydrogen (secondary N) is 1. The summed E-state index contributed by atoms with van der Waals surface area (Å²) in [6, 6.07) is 7.53. The lowest BCUT2D eigenvalue weighted by molar-refractivity contribution is -0.113. The quantitative estimate of drug-likeness (QED) is 0.584. The van der Waals surface area contributed by atoms with Gasteiger partial charge in [0, 0.05) is 11.9 Å². The summed E-state index contributed by atoms with van der Waals surface area (Å²) in [6.45, 7) is 0. The number of carbonyl (C=O) groups excluding carboxylic acids is 1. The van der Waals surface area contributed by atoms with Crippen LogP contribution in [-0.2, 0) is 4.79 Å². The highest BCUT2D eigenvalue weighted by Crippen LogP contribution is 2.37. The van der Waals surface area contributed by atoms with Crippen molar-refractivity contribution in [2.45, 2.75) is 0 Å². The number of H-pyrrole nitrogens is 1. The van der Waals surface area contributed by atoms with E-state index in [0.29, 0.717) is 14.9 Å². The van der Waals surface area contributed by atoms with E-state index in [1.807, 2.05) is 12.1 Å². The fourth-order valence-corrected chi connectivity index (χ4v) is 3.39. The monoisotopic (exact) mass is 346 g/mol. The van der Waals surface area contributed by atoms with E-state index in [4.69, 9.17) is 17.3 Å². The van der Waals surface area contributed by atoms with Gasteiger partial charge < -0.3 is 15.2 Å². The summed E-state index contributed by atoms with van der Waals surface area (Å²) in [6.07, 6.45) is 3.42. The highest BCUT2D eigenvalue weighted by molar-refractivity contribution is 8.27. The van der Waals surface area contributed by atoms with Crippen LogP contribution < -0.4 is 4.90 Å². The maximum Gasteiger partial charge on any atom is 0.339 e. The number of anilines is 1. The van der Waals surface area contributed by atoms with Gasteiger partial charge in [0.1, 0.15) is 11.3 Å². The molecule has 116 valence electrons. The normalized spacial score (nSPS) is 16.3. The Kier molecular flexibility index (Phi) is 3.93. The lowest BCUT2D eigenvalue weighted by Crippen LogP contribution is -2.27. The maximum absolute atomic E-state index is 12.5. The van der Waals surface area contributed by atoms with Crippen LogP contribution in [-0.4, -0.2) is 31.4 Å². The molecule has 8 heteroatoms. The van der Waals surface area contributed by atoms with Gasteiger partial charge in [0.15, 0.2) is 4.32 Å². The number of hydrogen-bond acceptors (Lipinski definition) is 5. The number of carboxylic acids is 1. The Morgan fingerprint density at radius 2 is 2.13 bits per heavy atom. The summed E-state index contributed by atoms with van der Waals surface area (Å²) in [4.78, 5) is 28.3. The van der Waals surface area contributed by atoms with Crippen LogP contribution in [0.25, 0.3) is 6.08 Å². The van der Waals surface area contributed by atoms with Crippen LogP contribution in [0.15, 0.2) is 41.4 Å². The van der Waals surface area contributed by atoms with Crippen molar-refractivity contribution < 1.29 is 19.8 Å². The Bertz CT molecular complexity index is 843. The molecule has 0 saturated carbocycles. The Hall–Kier alpha value is -2.58. The number of carboxylic acid groups (broad SMARTS) is 1. The minimum Gasteiger partial charge on any atom is -0.507 e. The lowest BCUT2D eigenvalue weighted by atomic mass is 10.1. The molecule has 0 unspecified atom stereocenters. The van der Waals surface area contributed by atoms with Gasteiger partial charge in [-0.25, -0.2) is 4.79 Å². The van der Waals surface area contributed by atoms with E-state index in [-0.39, 0.29) is 17.2 Å². The van der Waals surface area contributed by atoms with Crippen LogP contribution in [0.1, 0.15) is 16.1 Å². The van der Waals surface area contributed by atoms with Gasteiger partial charge in [-0.05, 0) is 36.4 Å². The number of thiocarbonyl (C=S) groups is 1. The number of hydrogen-bond donors (Lipinski definition) is 3. The van der Waals surface area contributed by atoms with Crippen molar-refractivity contribution in [3.05, 3.63) is 52.7 Å². The van der Waals surface area contributed by atoms with E-state index in [2.05, 4.69) is 4.98 Å². The smallest absolute Gasteiger partial charge is 0.339 e. The second kappa shape index (κ2) is 5.90. The average molecular weight is 346 g/mol. The molecule has 3 rings (SSSR count). The Balaban J connectivity index is 1.98. The Morgan fingerprint density at radius 1 is 1.35 bits per heavy atom. The molecule has 2 heterocycles. The van der Waals surface area contributed by atoms with E-state index < -0.39 is 5.97 Å². The molecule has 0 spiro atoms. The first-order chi connectivity index (χ1) is 11.0. The predicted octanol–water partition coefficient (Wildman–Crippen LogP) is 2.82. The number of amides is 1. The highest BCUT2D eigenvalue weighted by Gasteiger charge is 2.34. The highest BCUT2D eigenvalue weighted by atomic mass is 32.2. The number of thioether (sulfide) groups is 1. The summed E-state index contributed by atoms with van der Waals surface area (Å²) < 4.78 is 0.301. The molecule has 6 nitrogen and oxygen atoms in total. The van der Waals surface area contributed by atoms with Crippen molar-refractivity contribution in [3.8, 4) is 5.75 Å². The third kappa shape index (κ3) is 2.86. The van der Waals surface area contributed by atoms with Gasteiger partial charge in [0.05, 0.1) is 10.6 Å². The zero-order chi connectivity index (χ0) is 16.6. The Morgan fingerprint density at radius 3 is 2.78 bits per heavy atom. The number of aromatic nitrogens is 1. The lowest BCUT2D eigenvalue weighted by Gasteiger charge is -2.15. The number of aromatic carboxylic acids is 1. The molecule has 1 saturated heterocycles. The maximum atomic E-state index is 12.5. The summed E-state index contributed by atoms with van der Waals surface area (Å²) in [7, 11) is 0. The summed E-state index contributed by atoms with van der Waals surface area (Å²) in [5, 5.41) is 18.6. The first kappa shape index (κ1) is 15.3. The second-order valence-corrected chi connectivity index (χ2v) is 6.32. The molecule has 23 heavy (non-hydrogen) atoms. The van der Waals surface area contributed by atoms with Crippen molar-refractivity contribution in [2.75, 3.05) is 4.90 Å². The van der Waals surface area contributed by atoms with Crippen molar-refractivity contribution in [1.29, 1.82) is 0 Å². The van der Waals surface area contributed by atoms with Crippen LogP contribution in [0.2, 0.25) is 0 Å². The molecule has 0 atom stereocenters. The first-order valence-electron chi connectivity index (χ1n) is 6.45. The number of rotatable bonds is 3. The number of phenols is 1. The fourth-order valence-electron chi connectivity index (χ4n) is 2.10. The van der Waals surface area contributed by atoms with E-state index in [9.17, 15) is 14.7 Å². The standard InChI is InChI=1S/C15H10N2O4S2/c18-11-4-3-9(7-10(11)14(20)21)17-13(19)12(23-15(17)22)6-8-2-1-5-16-8/h1-7,16,18H,(H,20,21)/b12-6+. The van der Waals surface area contributed by atoms with Crippen molar-refractivity contribution in [2.24, 2.45) is 0 Å². The molecular formula is C15H10N2O4S2. The summed E-state index contributed by atoms with van der Waals surface area (Å²) >= 11 is 6.35. The fraction of sp³-hybridized carbons (Fsp3) is 0. The van der Waals surface area contributed by atoms with Gasteiger partial charge in [-0.2, -0.15) is 0 Å². The number of aromatic hydroxyl groups is 1. The predicted molar refractivity (Wildman–Crippen MR) is 91.5 cm³/mol.